The molecule has 104 valence electrons. The lowest BCUT2D eigenvalue weighted by molar-refractivity contribution is -0.121. The number of hydrogen-bond acceptors (Lipinski definition) is 3. The summed E-state index contributed by atoms with van der Waals surface area (Å²) >= 11 is 0. The first-order valence-corrected chi connectivity index (χ1v) is 5.60. The predicted molar refractivity (Wildman–Crippen MR) is 78.3 cm³/mol. The van der Waals surface area contributed by atoms with Crippen molar-refractivity contribution in [2.75, 3.05) is 6.54 Å². The van der Waals surface area contributed by atoms with Crippen LogP contribution in [-0.4, -0.2) is 23.5 Å². The Hall–Kier alpha value is -0.840. The highest BCUT2D eigenvalue weighted by Crippen LogP contribution is 1.95. The van der Waals surface area contributed by atoms with Crippen molar-refractivity contribution in [2.45, 2.75) is 32.2 Å². The molecule has 0 radical (unpaired) electrons. The number of amides is 1. The Morgan fingerprint density at radius 1 is 1.44 bits per heavy atom. The van der Waals surface area contributed by atoms with Crippen LogP contribution in [0.15, 0.2) is 24.4 Å². The van der Waals surface area contributed by atoms with Crippen LogP contribution in [0.2, 0.25) is 0 Å². The second-order valence-corrected chi connectivity index (χ2v) is 3.94. The van der Waals surface area contributed by atoms with E-state index in [1.54, 1.807) is 6.20 Å². The van der Waals surface area contributed by atoms with Gasteiger partial charge < -0.3 is 11.1 Å². The number of rotatable bonds is 6. The summed E-state index contributed by atoms with van der Waals surface area (Å²) in [5.41, 5.74) is 6.57. The Labute approximate surface area is 121 Å². The summed E-state index contributed by atoms with van der Waals surface area (Å²) in [6.07, 6.45) is 3.76. The number of nitrogens with one attached hydrogen (secondary N) is 1. The third-order valence-corrected chi connectivity index (χ3v) is 2.26. The van der Waals surface area contributed by atoms with Gasteiger partial charge in [0.2, 0.25) is 5.91 Å². The van der Waals surface area contributed by atoms with Gasteiger partial charge >= 0.3 is 0 Å². The Kier molecular flexibility index (Phi) is 12.2. The molecule has 4 nitrogen and oxygen atoms in total. The molecule has 1 heterocycles. The van der Waals surface area contributed by atoms with Crippen LogP contribution >= 0.6 is 24.8 Å². The summed E-state index contributed by atoms with van der Waals surface area (Å²) in [7, 11) is 0. The number of carbonyl (C=O) groups excluding carboxylic acids is 1. The fraction of sp³-hybridized carbons (Fsp3) is 0.500. The fourth-order valence-corrected chi connectivity index (χ4v) is 1.32. The van der Waals surface area contributed by atoms with E-state index in [2.05, 4.69) is 10.3 Å². The van der Waals surface area contributed by atoms with E-state index >= 15 is 0 Å². The van der Waals surface area contributed by atoms with Crippen LogP contribution in [0.25, 0.3) is 0 Å². The average Bonchev–Trinajstić information content (AvgIpc) is 2.28. The molecule has 1 aromatic heterocycles. The van der Waals surface area contributed by atoms with Crippen molar-refractivity contribution in [1.29, 1.82) is 0 Å². The van der Waals surface area contributed by atoms with Gasteiger partial charge in [-0.3, -0.25) is 9.78 Å². The van der Waals surface area contributed by atoms with Crippen molar-refractivity contribution in [3.8, 4) is 0 Å². The molecule has 1 aromatic rings. The van der Waals surface area contributed by atoms with Gasteiger partial charge in [0.1, 0.15) is 0 Å². The lowest BCUT2D eigenvalue weighted by atomic mass is 10.2. The molecule has 0 saturated carbocycles. The summed E-state index contributed by atoms with van der Waals surface area (Å²) in [6, 6.07) is 5.86. The molecule has 1 amide bonds. The van der Waals surface area contributed by atoms with Crippen molar-refractivity contribution in [3.05, 3.63) is 30.1 Å². The number of carbonyl (C=O) groups is 1. The normalized spacial score (nSPS) is 10.8. The second kappa shape index (κ2) is 11.3. The van der Waals surface area contributed by atoms with Crippen molar-refractivity contribution in [1.82, 2.24) is 10.3 Å². The maximum atomic E-state index is 11.4. The van der Waals surface area contributed by atoms with Gasteiger partial charge in [-0.2, -0.15) is 0 Å². The molecule has 0 aliphatic carbocycles. The third-order valence-electron chi connectivity index (χ3n) is 2.26. The average molecular weight is 294 g/mol. The lowest BCUT2D eigenvalue weighted by Crippen LogP contribution is -2.27. The first-order valence-electron chi connectivity index (χ1n) is 5.60. The maximum absolute atomic E-state index is 11.4. The first-order chi connectivity index (χ1) is 7.68. The molecule has 1 rings (SSSR count). The molecule has 1 atom stereocenters. The van der Waals surface area contributed by atoms with Gasteiger partial charge in [0.25, 0.3) is 0 Å². The van der Waals surface area contributed by atoms with E-state index < -0.39 is 0 Å². The highest BCUT2D eigenvalue weighted by atomic mass is 35.5. The zero-order chi connectivity index (χ0) is 11.8. The van der Waals surface area contributed by atoms with E-state index in [4.69, 9.17) is 5.73 Å². The number of aromatic nitrogens is 1. The van der Waals surface area contributed by atoms with Crippen LogP contribution in [0.1, 0.15) is 25.5 Å². The van der Waals surface area contributed by atoms with Crippen LogP contribution in [-0.2, 0) is 11.2 Å². The van der Waals surface area contributed by atoms with Gasteiger partial charge in [0.05, 0.1) is 0 Å². The quantitative estimate of drug-likeness (QED) is 0.839. The summed E-state index contributed by atoms with van der Waals surface area (Å²) in [5, 5.41) is 2.85. The maximum Gasteiger partial charge on any atom is 0.220 e. The van der Waals surface area contributed by atoms with Crippen molar-refractivity contribution in [2.24, 2.45) is 5.73 Å². The summed E-state index contributed by atoms with van der Waals surface area (Å²) in [6.45, 7) is 2.54. The third kappa shape index (κ3) is 9.22. The van der Waals surface area contributed by atoms with Crippen molar-refractivity contribution >= 4 is 30.7 Å². The molecule has 0 aliphatic rings. The van der Waals surface area contributed by atoms with Crippen LogP contribution in [0.4, 0.5) is 0 Å². The number of halogens is 2. The first kappa shape index (κ1) is 19.5. The zero-order valence-corrected chi connectivity index (χ0v) is 12.1. The molecule has 0 aromatic carbocycles. The van der Waals surface area contributed by atoms with E-state index in [9.17, 15) is 4.79 Å². The smallest absolute Gasteiger partial charge is 0.220 e. The number of nitrogens with two attached hydrogens (primary N) is 1. The Balaban J connectivity index is 0. The van der Waals surface area contributed by atoms with E-state index in [1.807, 2.05) is 25.1 Å². The molecule has 0 saturated heterocycles. The van der Waals surface area contributed by atoms with Crippen molar-refractivity contribution in [3.63, 3.8) is 0 Å². The largest absolute Gasteiger partial charge is 0.356 e. The van der Waals surface area contributed by atoms with Gasteiger partial charge in [-0.1, -0.05) is 6.07 Å². The van der Waals surface area contributed by atoms with Gasteiger partial charge in [-0.15, -0.1) is 24.8 Å². The number of hydrogen-bond donors (Lipinski definition) is 2. The topological polar surface area (TPSA) is 68.0 Å². The molecule has 0 fully saturated rings. The highest BCUT2D eigenvalue weighted by molar-refractivity contribution is 5.85. The Bertz CT molecular complexity index is 320. The molecule has 0 bridgehead atoms. The highest BCUT2D eigenvalue weighted by Gasteiger charge is 2.02. The minimum Gasteiger partial charge on any atom is -0.356 e. The minimum absolute atomic E-state index is 0. The summed E-state index contributed by atoms with van der Waals surface area (Å²) in [4.78, 5) is 15.5. The lowest BCUT2D eigenvalue weighted by Gasteiger charge is -2.06. The van der Waals surface area contributed by atoms with Crippen LogP contribution in [0, 0.1) is 0 Å². The van der Waals surface area contributed by atoms with E-state index in [0.717, 1.165) is 18.5 Å². The van der Waals surface area contributed by atoms with Gasteiger partial charge in [-0.05, 0) is 25.5 Å². The molecule has 18 heavy (non-hydrogen) atoms. The monoisotopic (exact) mass is 293 g/mol. The zero-order valence-electron chi connectivity index (χ0n) is 10.5. The summed E-state index contributed by atoms with van der Waals surface area (Å²) in [5.74, 6) is 0.0632. The summed E-state index contributed by atoms with van der Waals surface area (Å²) < 4.78 is 0. The Morgan fingerprint density at radius 3 is 2.72 bits per heavy atom. The number of pyridine rings is 1. The molecule has 0 spiro atoms. The van der Waals surface area contributed by atoms with Crippen LogP contribution in [0.5, 0.6) is 0 Å². The standard InChI is InChI=1S/C12H19N3O.2ClH/c1-10(13)5-6-12(16)15-9-7-11-4-2-3-8-14-11;;/h2-4,8,10H,5-7,9,13H2,1H3,(H,15,16);2*1H. The second-order valence-electron chi connectivity index (χ2n) is 3.94. The number of nitrogens with zero attached hydrogens (tertiary/aromatic N) is 1. The molecular formula is C12H21Cl2N3O. The molecular weight excluding hydrogens is 273 g/mol. The van der Waals surface area contributed by atoms with E-state index in [-0.39, 0.29) is 36.8 Å². The molecule has 3 N–H and O–H groups in total. The van der Waals surface area contributed by atoms with Gasteiger partial charge in [-0.25, -0.2) is 0 Å². The minimum atomic E-state index is 0. The van der Waals surface area contributed by atoms with Gasteiger partial charge in [0, 0.05) is 37.3 Å². The molecule has 1 unspecified atom stereocenters. The SMILES string of the molecule is CC(N)CCC(=O)NCCc1ccccn1.Cl.Cl. The van der Waals surface area contributed by atoms with Crippen LogP contribution < -0.4 is 11.1 Å². The van der Waals surface area contributed by atoms with E-state index in [0.29, 0.717) is 13.0 Å². The molecule has 0 aliphatic heterocycles. The fourth-order valence-electron chi connectivity index (χ4n) is 1.32. The van der Waals surface area contributed by atoms with Gasteiger partial charge in [0.15, 0.2) is 0 Å². The van der Waals surface area contributed by atoms with Crippen LogP contribution in [0.3, 0.4) is 0 Å². The molecule has 6 heteroatoms. The van der Waals surface area contributed by atoms with Crippen molar-refractivity contribution < 1.29 is 4.79 Å². The predicted octanol–water partition coefficient (Wildman–Crippen LogP) is 1.71. The Morgan fingerprint density at radius 2 is 2.17 bits per heavy atom. The van der Waals surface area contributed by atoms with E-state index in [1.165, 1.54) is 0 Å².